The molecule has 1 aliphatic rings. The molecule has 138 valence electrons. The third-order valence-corrected chi connectivity index (χ3v) is 5.68. The number of hydrogen-bond donors (Lipinski definition) is 0. The molecule has 1 aromatic carbocycles. The van der Waals surface area contributed by atoms with Crippen molar-refractivity contribution in [3.05, 3.63) is 56.0 Å². The number of carbonyl (C=O) groups is 1. The van der Waals surface area contributed by atoms with Crippen molar-refractivity contribution in [3.8, 4) is 0 Å². The van der Waals surface area contributed by atoms with E-state index in [4.69, 9.17) is 16.3 Å². The van der Waals surface area contributed by atoms with Crippen LogP contribution in [0.25, 0.3) is 0 Å². The molecule has 0 spiro atoms. The van der Waals surface area contributed by atoms with E-state index < -0.39 is 11.5 Å². The van der Waals surface area contributed by atoms with Gasteiger partial charge >= 0.3 is 5.97 Å². The van der Waals surface area contributed by atoms with Crippen molar-refractivity contribution >= 4 is 29.3 Å². The molecular formula is C19H21ClN2O3S. The van der Waals surface area contributed by atoms with Gasteiger partial charge in [0.2, 0.25) is 0 Å². The highest BCUT2D eigenvalue weighted by Crippen LogP contribution is 2.26. The summed E-state index contributed by atoms with van der Waals surface area (Å²) in [5.74, 6) is -0.553. The predicted octanol–water partition coefficient (Wildman–Crippen LogP) is 3.72. The molecule has 0 unspecified atom stereocenters. The van der Waals surface area contributed by atoms with Crippen LogP contribution in [0.4, 0.5) is 0 Å². The minimum absolute atomic E-state index is 0.142. The molecule has 0 fully saturated rings. The van der Waals surface area contributed by atoms with Gasteiger partial charge in [0.15, 0.2) is 0 Å². The van der Waals surface area contributed by atoms with Gasteiger partial charge in [0.1, 0.15) is 5.56 Å². The molecule has 3 rings (SSSR count). The highest BCUT2D eigenvalue weighted by Gasteiger charge is 2.25. The molecule has 1 heterocycles. The molecule has 0 saturated heterocycles. The van der Waals surface area contributed by atoms with Crippen LogP contribution in [-0.4, -0.2) is 28.6 Å². The van der Waals surface area contributed by atoms with Gasteiger partial charge in [-0.2, -0.15) is 5.10 Å². The minimum Gasteiger partial charge on any atom is -0.462 e. The Hall–Kier alpha value is -1.79. The largest absolute Gasteiger partial charge is 0.462 e. The monoisotopic (exact) mass is 392 g/mol. The second-order valence-corrected chi connectivity index (χ2v) is 7.41. The number of fused-ring (bicyclic) bond motifs is 1. The lowest BCUT2D eigenvalue weighted by molar-refractivity contribution is 0.0521. The second kappa shape index (κ2) is 8.27. The van der Waals surface area contributed by atoms with Gasteiger partial charge in [-0.05, 0) is 62.1 Å². The third-order valence-electron chi connectivity index (χ3n) is 4.46. The Kier molecular flexibility index (Phi) is 6.04. The van der Waals surface area contributed by atoms with Gasteiger partial charge in [-0.3, -0.25) is 4.79 Å². The Morgan fingerprint density at radius 2 is 2.12 bits per heavy atom. The second-order valence-electron chi connectivity index (χ2n) is 6.16. The first-order valence-corrected chi connectivity index (χ1v) is 10.3. The number of thioether (sulfide) groups is 1. The van der Waals surface area contributed by atoms with Crippen molar-refractivity contribution in [2.24, 2.45) is 0 Å². The maximum absolute atomic E-state index is 12.9. The number of rotatable bonds is 5. The highest BCUT2D eigenvalue weighted by atomic mass is 35.5. The molecule has 2 aromatic rings. The lowest BCUT2D eigenvalue weighted by Gasteiger charge is -2.19. The number of nitrogens with zero attached hydrogens (tertiary/aromatic N) is 2. The minimum atomic E-state index is -0.553. The van der Waals surface area contributed by atoms with E-state index in [1.54, 1.807) is 18.7 Å². The lowest BCUT2D eigenvalue weighted by Crippen LogP contribution is -2.34. The maximum Gasteiger partial charge on any atom is 0.344 e. The van der Waals surface area contributed by atoms with Crippen LogP contribution < -0.4 is 5.56 Å². The fraction of sp³-hybridized carbons (Fsp3) is 0.421. The van der Waals surface area contributed by atoms with Crippen LogP contribution in [0.5, 0.6) is 0 Å². The highest BCUT2D eigenvalue weighted by molar-refractivity contribution is 7.98. The van der Waals surface area contributed by atoms with Crippen LogP contribution in [0.2, 0.25) is 5.02 Å². The molecule has 1 aromatic heterocycles. The standard InChI is InChI=1S/C19H21ClN2O3S/c1-3-25-19(24)17-13-6-4-5-7-15(13)21-22(18(17)23)11-12-8-9-16(26-2)14(20)10-12/h8-10H,3-7,11H2,1-2H3. The van der Waals surface area contributed by atoms with Crippen LogP contribution in [0.1, 0.15) is 46.9 Å². The normalized spacial score (nSPS) is 13.3. The fourth-order valence-electron chi connectivity index (χ4n) is 3.22. The van der Waals surface area contributed by atoms with Gasteiger partial charge < -0.3 is 4.74 Å². The summed E-state index contributed by atoms with van der Waals surface area (Å²) in [7, 11) is 0. The summed E-state index contributed by atoms with van der Waals surface area (Å²) in [6.45, 7) is 2.24. The Bertz CT molecular complexity index is 895. The number of halogens is 1. The van der Waals surface area contributed by atoms with Crippen molar-refractivity contribution in [2.75, 3.05) is 12.9 Å². The quantitative estimate of drug-likeness (QED) is 0.573. The molecule has 5 nitrogen and oxygen atoms in total. The molecule has 0 amide bonds. The van der Waals surface area contributed by atoms with Gasteiger partial charge in [0.05, 0.1) is 23.9 Å². The van der Waals surface area contributed by atoms with Gasteiger partial charge in [-0.15, -0.1) is 11.8 Å². The molecule has 7 heteroatoms. The van der Waals surface area contributed by atoms with E-state index in [-0.39, 0.29) is 18.7 Å². The smallest absolute Gasteiger partial charge is 0.344 e. The number of aromatic nitrogens is 2. The first kappa shape index (κ1) is 19.0. The molecular weight excluding hydrogens is 372 g/mol. The average molecular weight is 393 g/mol. The summed E-state index contributed by atoms with van der Waals surface area (Å²) in [5, 5.41) is 5.18. The van der Waals surface area contributed by atoms with E-state index in [9.17, 15) is 9.59 Å². The van der Waals surface area contributed by atoms with Gasteiger partial charge in [0, 0.05) is 4.90 Å². The molecule has 0 saturated carbocycles. The molecule has 1 aliphatic carbocycles. The zero-order chi connectivity index (χ0) is 18.7. The molecule has 26 heavy (non-hydrogen) atoms. The van der Waals surface area contributed by atoms with E-state index in [0.29, 0.717) is 11.4 Å². The summed E-state index contributed by atoms with van der Waals surface area (Å²) in [4.78, 5) is 26.3. The SMILES string of the molecule is CCOC(=O)c1c2c(nn(Cc3ccc(SC)c(Cl)c3)c1=O)CCCC2. The van der Waals surface area contributed by atoms with E-state index >= 15 is 0 Å². The number of ether oxygens (including phenoxy) is 1. The number of aryl methyl sites for hydroxylation is 1. The van der Waals surface area contributed by atoms with Crippen molar-refractivity contribution in [1.29, 1.82) is 0 Å². The third kappa shape index (κ3) is 3.81. The zero-order valence-electron chi connectivity index (χ0n) is 14.9. The molecule has 0 aliphatic heterocycles. The predicted molar refractivity (Wildman–Crippen MR) is 103 cm³/mol. The summed E-state index contributed by atoms with van der Waals surface area (Å²) < 4.78 is 6.49. The van der Waals surface area contributed by atoms with Crippen molar-refractivity contribution in [2.45, 2.75) is 44.0 Å². The van der Waals surface area contributed by atoms with Crippen molar-refractivity contribution in [1.82, 2.24) is 9.78 Å². The molecule has 0 bridgehead atoms. The van der Waals surface area contributed by atoms with Gasteiger partial charge in [-0.1, -0.05) is 17.7 Å². The summed E-state index contributed by atoms with van der Waals surface area (Å²) >= 11 is 7.84. The summed E-state index contributed by atoms with van der Waals surface area (Å²) in [6, 6.07) is 5.69. The molecule has 0 N–H and O–H groups in total. The topological polar surface area (TPSA) is 61.2 Å². The number of esters is 1. The van der Waals surface area contributed by atoms with Crippen LogP contribution >= 0.6 is 23.4 Å². The van der Waals surface area contributed by atoms with Crippen molar-refractivity contribution in [3.63, 3.8) is 0 Å². The van der Waals surface area contributed by atoms with Crippen LogP contribution in [-0.2, 0) is 24.1 Å². The Balaban J connectivity index is 2.04. The molecule has 0 atom stereocenters. The Labute approximate surface area is 161 Å². The van der Waals surface area contributed by atoms with E-state index in [1.165, 1.54) is 4.68 Å². The first-order valence-electron chi connectivity index (χ1n) is 8.67. The zero-order valence-corrected chi connectivity index (χ0v) is 16.5. The van der Waals surface area contributed by atoms with E-state index in [2.05, 4.69) is 5.10 Å². The van der Waals surface area contributed by atoms with E-state index in [0.717, 1.165) is 41.0 Å². The van der Waals surface area contributed by atoms with Gasteiger partial charge in [-0.25, -0.2) is 9.48 Å². The number of carbonyl (C=O) groups excluding carboxylic acids is 1. The first-order chi connectivity index (χ1) is 12.5. The van der Waals surface area contributed by atoms with E-state index in [1.807, 2.05) is 24.5 Å². The average Bonchev–Trinajstić information content (AvgIpc) is 2.63. The fourth-order valence-corrected chi connectivity index (χ4v) is 4.11. The van der Waals surface area contributed by atoms with Crippen LogP contribution in [0.3, 0.4) is 0 Å². The maximum atomic E-state index is 12.9. The number of hydrogen-bond acceptors (Lipinski definition) is 5. The molecule has 0 radical (unpaired) electrons. The Morgan fingerprint density at radius 1 is 1.35 bits per heavy atom. The number of benzene rings is 1. The summed E-state index contributed by atoms with van der Waals surface area (Å²) in [6.07, 6.45) is 5.39. The van der Waals surface area contributed by atoms with Crippen LogP contribution in [0.15, 0.2) is 27.9 Å². The van der Waals surface area contributed by atoms with Crippen molar-refractivity contribution < 1.29 is 9.53 Å². The van der Waals surface area contributed by atoms with Crippen LogP contribution in [0, 0.1) is 0 Å². The Morgan fingerprint density at radius 3 is 2.81 bits per heavy atom. The van der Waals surface area contributed by atoms with Gasteiger partial charge in [0.25, 0.3) is 5.56 Å². The summed E-state index contributed by atoms with van der Waals surface area (Å²) in [5.41, 5.74) is 2.20. The lowest BCUT2D eigenvalue weighted by atomic mass is 9.93.